The summed E-state index contributed by atoms with van der Waals surface area (Å²) in [5, 5.41) is 10.9. The highest BCUT2D eigenvalue weighted by Crippen LogP contribution is 2.33. The lowest BCUT2D eigenvalue weighted by Gasteiger charge is -2.04. The molecule has 4 rings (SSSR count). The fraction of sp³-hybridized carbons (Fsp3) is 0.375. The zero-order chi connectivity index (χ0) is 17.6. The molecule has 1 aliphatic heterocycles. The van der Waals surface area contributed by atoms with Gasteiger partial charge >= 0.3 is 0 Å². The van der Waals surface area contributed by atoms with Crippen LogP contribution in [0.3, 0.4) is 0 Å². The fourth-order valence-electron chi connectivity index (χ4n) is 2.89. The van der Waals surface area contributed by atoms with E-state index in [-0.39, 0.29) is 31.3 Å². The molecule has 3 aromatic rings. The highest BCUT2D eigenvalue weighted by molar-refractivity contribution is 5.85. The lowest BCUT2D eigenvalue weighted by molar-refractivity contribution is 0.0200. The molecule has 138 valence electrons. The van der Waals surface area contributed by atoms with E-state index in [0.29, 0.717) is 17.2 Å². The molecule has 0 spiro atoms. The summed E-state index contributed by atoms with van der Waals surface area (Å²) in [6.07, 6.45) is 1.26. The SMILES string of the molecule is Cc1cc(C)n(-c2ccc(-c3noc(C4CC(F)(F)CN4)n3)cn2)n1.Cl. The molecular weight excluding hydrogens is 366 g/mol. The number of pyridine rings is 1. The van der Waals surface area contributed by atoms with Crippen LogP contribution < -0.4 is 5.32 Å². The van der Waals surface area contributed by atoms with E-state index in [1.165, 1.54) is 0 Å². The molecule has 1 saturated heterocycles. The maximum Gasteiger partial charge on any atom is 0.262 e. The van der Waals surface area contributed by atoms with Gasteiger partial charge in [-0.3, -0.25) is 5.32 Å². The predicted molar refractivity (Wildman–Crippen MR) is 91.7 cm³/mol. The summed E-state index contributed by atoms with van der Waals surface area (Å²) in [6, 6.07) is 4.93. The lowest BCUT2D eigenvalue weighted by Crippen LogP contribution is -2.19. The van der Waals surface area contributed by atoms with E-state index in [1.807, 2.05) is 19.9 Å². The van der Waals surface area contributed by atoms with Crippen molar-refractivity contribution in [3.05, 3.63) is 41.7 Å². The van der Waals surface area contributed by atoms with Crippen molar-refractivity contribution < 1.29 is 13.3 Å². The molecule has 1 atom stereocenters. The van der Waals surface area contributed by atoms with Crippen molar-refractivity contribution in [1.82, 2.24) is 30.2 Å². The van der Waals surface area contributed by atoms with Crippen molar-refractivity contribution in [2.24, 2.45) is 0 Å². The molecule has 7 nitrogen and oxygen atoms in total. The van der Waals surface area contributed by atoms with Crippen LogP contribution in [0.1, 0.15) is 29.7 Å². The molecule has 0 aliphatic carbocycles. The van der Waals surface area contributed by atoms with Gasteiger partial charge in [0.2, 0.25) is 11.7 Å². The molecule has 1 unspecified atom stereocenters. The Balaban J connectivity index is 0.00000196. The van der Waals surface area contributed by atoms with Crippen molar-refractivity contribution in [2.75, 3.05) is 6.54 Å². The van der Waals surface area contributed by atoms with Crippen LogP contribution in [0, 0.1) is 13.8 Å². The topological polar surface area (TPSA) is 81.7 Å². The van der Waals surface area contributed by atoms with Crippen LogP contribution in [-0.4, -0.2) is 37.4 Å². The molecule has 0 saturated carbocycles. The standard InChI is InChI=1S/C16H16F2N6O.ClH/c1-9-5-10(2)24(22-9)13-4-3-11(7-19-13)14-21-15(25-23-14)12-6-16(17,18)8-20-12;/h3-5,7,12,20H,6,8H2,1-2H3;1H. The second kappa shape index (κ2) is 6.73. The first-order valence-electron chi connectivity index (χ1n) is 7.86. The normalized spacial score (nSPS) is 18.7. The van der Waals surface area contributed by atoms with Crippen molar-refractivity contribution in [3.8, 4) is 17.2 Å². The van der Waals surface area contributed by atoms with Gasteiger partial charge in [0, 0.05) is 23.9 Å². The zero-order valence-corrected chi connectivity index (χ0v) is 14.9. The molecule has 3 aromatic heterocycles. The number of hydrogen-bond acceptors (Lipinski definition) is 6. The Kier molecular flexibility index (Phi) is 4.76. The minimum atomic E-state index is -2.75. The Morgan fingerprint density at radius 1 is 1.31 bits per heavy atom. The van der Waals surface area contributed by atoms with Crippen LogP contribution in [-0.2, 0) is 0 Å². The van der Waals surface area contributed by atoms with Crippen LogP contribution in [0.25, 0.3) is 17.2 Å². The summed E-state index contributed by atoms with van der Waals surface area (Å²) in [5.41, 5.74) is 2.53. The molecule has 1 N–H and O–H groups in total. The van der Waals surface area contributed by atoms with E-state index in [1.54, 1.807) is 23.0 Å². The minimum absolute atomic E-state index is 0. The smallest absolute Gasteiger partial charge is 0.262 e. The Morgan fingerprint density at radius 3 is 2.69 bits per heavy atom. The largest absolute Gasteiger partial charge is 0.337 e. The minimum Gasteiger partial charge on any atom is -0.337 e. The van der Waals surface area contributed by atoms with Crippen LogP contribution in [0.2, 0.25) is 0 Å². The number of aromatic nitrogens is 5. The zero-order valence-electron chi connectivity index (χ0n) is 14.1. The summed E-state index contributed by atoms with van der Waals surface area (Å²) in [5.74, 6) is -1.59. The Hall–Kier alpha value is -2.39. The molecule has 1 aliphatic rings. The quantitative estimate of drug-likeness (QED) is 0.749. The number of rotatable bonds is 3. The number of alkyl halides is 2. The number of nitrogens with one attached hydrogen (secondary N) is 1. The number of hydrogen-bond donors (Lipinski definition) is 1. The van der Waals surface area contributed by atoms with Crippen molar-refractivity contribution >= 4 is 12.4 Å². The van der Waals surface area contributed by atoms with Gasteiger partial charge in [0.1, 0.15) is 0 Å². The molecule has 4 heterocycles. The maximum absolute atomic E-state index is 13.3. The molecule has 0 aromatic carbocycles. The third-order valence-corrected chi connectivity index (χ3v) is 4.08. The van der Waals surface area contributed by atoms with Gasteiger partial charge in [-0.15, -0.1) is 12.4 Å². The van der Waals surface area contributed by atoms with E-state index < -0.39 is 12.0 Å². The van der Waals surface area contributed by atoms with Crippen LogP contribution in [0.15, 0.2) is 28.9 Å². The van der Waals surface area contributed by atoms with Gasteiger partial charge in [0.05, 0.1) is 18.3 Å². The first kappa shape index (κ1) is 18.4. The van der Waals surface area contributed by atoms with E-state index in [2.05, 4.69) is 25.5 Å². The van der Waals surface area contributed by atoms with Crippen LogP contribution in [0.5, 0.6) is 0 Å². The summed E-state index contributed by atoms with van der Waals surface area (Å²) < 4.78 is 33.4. The van der Waals surface area contributed by atoms with Crippen LogP contribution >= 0.6 is 12.4 Å². The predicted octanol–water partition coefficient (Wildman–Crippen LogP) is 3.03. The van der Waals surface area contributed by atoms with Crippen LogP contribution in [0.4, 0.5) is 8.78 Å². The highest BCUT2D eigenvalue weighted by Gasteiger charge is 2.42. The number of halogens is 3. The van der Waals surface area contributed by atoms with E-state index >= 15 is 0 Å². The van der Waals surface area contributed by atoms with Crippen molar-refractivity contribution in [2.45, 2.75) is 32.2 Å². The summed E-state index contributed by atoms with van der Waals surface area (Å²) >= 11 is 0. The number of aryl methyl sites for hydroxylation is 2. The lowest BCUT2D eigenvalue weighted by atomic mass is 10.2. The van der Waals surface area contributed by atoms with Crippen molar-refractivity contribution in [1.29, 1.82) is 0 Å². The molecule has 0 amide bonds. The first-order chi connectivity index (χ1) is 11.9. The van der Waals surface area contributed by atoms with Gasteiger partial charge in [-0.1, -0.05) is 5.16 Å². The van der Waals surface area contributed by atoms with Gasteiger partial charge in [-0.05, 0) is 32.0 Å². The van der Waals surface area contributed by atoms with E-state index in [0.717, 1.165) is 11.4 Å². The molecule has 10 heteroatoms. The molecule has 1 fully saturated rings. The average Bonchev–Trinajstić information content (AvgIpc) is 3.26. The summed E-state index contributed by atoms with van der Waals surface area (Å²) in [7, 11) is 0. The third kappa shape index (κ3) is 3.45. The van der Waals surface area contributed by atoms with Gasteiger partial charge in [-0.2, -0.15) is 10.1 Å². The van der Waals surface area contributed by atoms with Gasteiger partial charge in [0.15, 0.2) is 5.82 Å². The second-order valence-electron chi connectivity index (χ2n) is 6.19. The monoisotopic (exact) mass is 382 g/mol. The molecule has 0 bridgehead atoms. The van der Waals surface area contributed by atoms with Gasteiger partial charge in [-0.25, -0.2) is 18.4 Å². The maximum atomic E-state index is 13.3. The fourth-order valence-corrected chi connectivity index (χ4v) is 2.89. The molecule has 26 heavy (non-hydrogen) atoms. The molecule has 0 radical (unpaired) electrons. The molecular formula is C16H17ClF2N6O. The van der Waals surface area contributed by atoms with E-state index in [9.17, 15) is 8.78 Å². The number of nitrogens with zero attached hydrogens (tertiary/aromatic N) is 5. The highest BCUT2D eigenvalue weighted by atomic mass is 35.5. The van der Waals surface area contributed by atoms with Gasteiger partial charge < -0.3 is 4.52 Å². The second-order valence-corrected chi connectivity index (χ2v) is 6.19. The summed E-state index contributed by atoms with van der Waals surface area (Å²) in [6.45, 7) is 3.49. The Bertz CT molecular complexity index is 908. The Morgan fingerprint density at radius 2 is 2.12 bits per heavy atom. The third-order valence-electron chi connectivity index (χ3n) is 4.08. The average molecular weight is 383 g/mol. The van der Waals surface area contributed by atoms with E-state index in [4.69, 9.17) is 4.52 Å². The first-order valence-corrected chi connectivity index (χ1v) is 7.86. The van der Waals surface area contributed by atoms with Crippen molar-refractivity contribution in [3.63, 3.8) is 0 Å². The van der Waals surface area contributed by atoms with Gasteiger partial charge in [0.25, 0.3) is 5.92 Å². The Labute approximate surface area is 154 Å². The summed E-state index contributed by atoms with van der Waals surface area (Å²) in [4.78, 5) is 8.59.